The Morgan fingerprint density at radius 1 is 0.569 bits per heavy atom. The number of alkyl carbamates (subject to hydrolysis) is 4. The van der Waals surface area contributed by atoms with Gasteiger partial charge in [-0.05, 0) is 202 Å². The molecule has 11 atom stereocenters. The second kappa shape index (κ2) is 53.1. The van der Waals surface area contributed by atoms with Crippen molar-refractivity contribution in [3.8, 4) is 0 Å². The Balaban J connectivity index is 1.44. The number of pyridine rings is 1. The van der Waals surface area contributed by atoms with Crippen LogP contribution in [0.4, 0.5) is 24.0 Å². The molecular formula is C93H133N19O24S. The molecule has 1 aliphatic heterocycles. The Hall–Kier alpha value is -13.5. The average Bonchev–Trinajstić information content (AvgIpc) is 1.63. The van der Waals surface area contributed by atoms with Crippen LogP contribution >= 0.6 is 11.8 Å². The van der Waals surface area contributed by atoms with Gasteiger partial charge in [0.15, 0.2) is 0 Å². The number of nitrogens with zero attached hydrogens (tertiary/aromatic N) is 4. The van der Waals surface area contributed by atoms with Crippen molar-refractivity contribution in [3.05, 3.63) is 120 Å². The number of rotatable bonds is 34. The number of ether oxygens (including phenoxy) is 5. The van der Waals surface area contributed by atoms with E-state index in [1.807, 2.05) is 0 Å². The summed E-state index contributed by atoms with van der Waals surface area (Å²) in [5.74, 6) is -12.7. The SMILES string of the molecule is CNC(=O)c1ccccc1Sc1ccc2c(/C=C/c3ccccn3)nn(C(=O)N(CCOC(C)=O)CCC(=O)N[C@H](C(=O)N[C@@H](CCNC(=O)OC(C)(C)C)C(=O)N[C@H]3CCNC(=O)[C@H]([C@@H](C)O)NC(=O)[C@H](CCNC(=O)OC(C)(C)C)NC(=O)[C@H](CCNC(=O)OC(C)(C)C)NC(=O)[C@H](CC(C)C)NC(=O)[C@@H](Cc4ccccc4)NC(=O)[C@H](CCNC(=O)OC(C)(C)C)NC3=O)[C@@H](C)O)c2c1. The molecule has 3 aromatic carbocycles. The summed E-state index contributed by atoms with van der Waals surface area (Å²) < 4.78 is 28.1. The molecule has 0 radical (unpaired) electrons. The maximum absolute atomic E-state index is 15.5. The third-order valence-electron chi connectivity index (χ3n) is 19.8. The minimum Gasteiger partial charge on any atom is -0.464 e. The maximum atomic E-state index is 15.5. The van der Waals surface area contributed by atoms with E-state index >= 15 is 24.0 Å². The summed E-state index contributed by atoms with van der Waals surface area (Å²) in [4.78, 5) is 250. The van der Waals surface area contributed by atoms with Crippen LogP contribution in [0.25, 0.3) is 23.1 Å². The summed E-state index contributed by atoms with van der Waals surface area (Å²) in [6, 6.07) is 8.41. The molecule has 17 N–H and O–H groups in total. The Bertz CT molecular complexity index is 5050. The van der Waals surface area contributed by atoms with Gasteiger partial charge in [-0.1, -0.05) is 74.1 Å². The van der Waals surface area contributed by atoms with Crippen LogP contribution in [0.2, 0.25) is 0 Å². The van der Waals surface area contributed by atoms with Crippen LogP contribution in [0.3, 0.4) is 0 Å². The van der Waals surface area contributed by atoms with Gasteiger partial charge in [0.1, 0.15) is 83.4 Å². The standard InChI is InChI=1S/C93H133N19O24S/c1-53(2)50-68-81(123)104-64(36-43-97-85(127)133-90(6,7)8)77(119)103-67(39-46-100-88(130)136-93(15,16)17)80(122)109-73(54(3)113)83(125)96-42-35-63(76(118)102-65(37-44-98-86(128)134-91(9,10)11)79(121)107-69(82(124)106-68)51-57-26-20-19-21-27-57)101-78(120)66(38-45-99-87(129)135-92(12,13)14)105-84(126)74(55(4)114)108-72(116)40-47-111(48-49-132-56(5)115)89(131)112-70-52-59(137-71-30-23-22-29-61(71)75(117)94-18)32-33-60(70)62(110-112)34-31-58-28-24-25-41-95-58/h19-34,41,52-55,63-69,73-74,113-114H,35-40,42-51H2,1-18H3,(H,94,117)(H,96,125)(H,97,127)(H,98,128)(H,99,129)(H,100,130)(H,101,120)(H,102,118)(H,103,119)(H,104,123)(H,105,126)(H,106,124)(H,107,121)(H,108,116)(H,109,122)/b34-31+/t54-,55-,63+,64+,65+,66+,67+,68+,69-,73+,74+/m1/s1. The summed E-state index contributed by atoms with van der Waals surface area (Å²) in [6.45, 7) is 22.2. The van der Waals surface area contributed by atoms with Crippen molar-refractivity contribution in [2.24, 2.45) is 5.92 Å². The quantitative estimate of drug-likeness (QED) is 0.0205. The van der Waals surface area contributed by atoms with Crippen LogP contribution in [0.1, 0.15) is 190 Å². The molecule has 5 aromatic rings. The first-order valence-electron chi connectivity index (χ1n) is 45.1. The average molecular weight is 1930 g/mol. The highest BCUT2D eigenvalue weighted by Crippen LogP contribution is 2.34. The molecule has 0 aliphatic carbocycles. The molecule has 0 spiro atoms. The molecule has 44 heteroatoms. The van der Waals surface area contributed by atoms with E-state index < -0.39 is 262 Å². The molecule has 6 rings (SSSR count). The number of nitrogens with one attached hydrogen (secondary N) is 15. The van der Waals surface area contributed by atoms with Gasteiger partial charge in [-0.3, -0.25) is 62.5 Å². The normalized spacial score (nSPS) is 18.4. The monoisotopic (exact) mass is 1930 g/mol. The number of amides is 16. The number of carbonyl (C=O) groups is 17. The van der Waals surface area contributed by atoms with Crippen molar-refractivity contribution >= 4 is 136 Å². The molecule has 137 heavy (non-hydrogen) atoms. The molecule has 1 fully saturated rings. The van der Waals surface area contributed by atoms with Gasteiger partial charge in [0, 0.05) is 87.5 Å². The second-order valence-electron chi connectivity index (χ2n) is 36.8. The molecule has 750 valence electrons. The molecular weight excluding hydrogens is 1800 g/mol. The van der Waals surface area contributed by atoms with E-state index in [1.54, 1.807) is 206 Å². The summed E-state index contributed by atoms with van der Waals surface area (Å²) in [7, 11) is 1.50. The van der Waals surface area contributed by atoms with Gasteiger partial charge >= 0.3 is 36.4 Å². The first-order valence-corrected chi connectivity index (χ1v) is 45.9. The highest BCUT2D eigenvalue weighted by molar-refractivity contribution is 7.99. The van der Waals surface area contributed by atoms with Crippen molar-refractivity contribution in [1.82, 2.24) is 99.4 Å². The Kier molecular flexibility index (Phi) is 43.5. The van der Waals surface area contributed by atoms with E-state index in [2.05, 4.69) is 84.7 Å². The van der Waals surface area contributed by atoms with Gasteiger partial charge in [-0.25, -0.2) is 24.0 Å². The fraction of sp³-hybridized carbons (Fsp3) is 0.538. The molecule has 3 heterocycles. The number of hydrogen-bond donors (Lipinski definition) is 17. The first-order chi connectivity index (χ1) is 64.2. The van der Waals surface area contributed by atoms with E-state index in [9.17, 15) is 67.7 Å². The number of benzene rings is 3. The van der Waals surface area contributed by atoms with E-state index in [1.165, 1.54) is 18.8 Å². The molecule has 0 bridgehead atoms. The van der Waals surface area contributed by atoms with Crippen LogP contribution in [0.15, 0.2) is 107 Å². The number of aliphatic hydroxyl groups is 2. The summed E-state index contributed by atoms with van der Waals surface area (Å²) in [5.41, 5.74) is -2.17. The van der Waals surface area contributed by atoms with E-state index in [0.29, 0.717) is 37.7 Å². The highest BCUT2D eigenvalue weighted by atomic mass is 32.2. The second-order valence-corrected chi connectivity index (χ2v) is 37.9. The fourth-order valence-electron chi connectivity index (χ4n) is 13.4. The molecule has 1 saturated heterocycles. The molecule has 0 saturated carbocycles. The van der Waals surface area contributed by atoms with Crippen LogP contribution in [0.5, 0.6) is 0 Å². The molecule has 2 aromatic heterocycles. The van der Waals surface area contributed by atoms with Crippen molar-refractivity contribution in [1.29, 1.82) is 0 Å². The van der Waals surface area contributed by atoms with Gasteiger partial charge in [-0.2, -0.15) is 9.78 Å². The third kappa shape index (κ3) is 40.1. The number of carbonyl (C=O) groups excluding carboxylic acids is 17. The minimum absolute atomic E-state index is 0.138. The number of hydrogen-bond acceptors (Lipinski definition) is 27. The van der Waals surface area contributed by atoms with Crippen LogP contribution in [0, 0.1) is 5.92 Å². The molecule has 1 aliphatic rings. The predicted octanol–water partition coefficient (Wildman–Crippen LogP) is 3.93. The van der Waals surface area contributed by atoms with Crippen molar-refractivity contribution in [3.63, 3.8) is 0 Å². The van der Waals surface area contributed by atoms with Gasteiger partial charge in [0.25, 0.3) is 5.91 Å². The smallest absolute Gasteiger partial charge is 0.407 e. The van der Waals surface area contributed by atoms with Gasteiger partial charge in [0.2, 0.25) is 59.1 Å². The third-order valence-corrected chi connectivity index (χ3v) is 20.9. The number of aliphatic hydroxyl groups excluding tert-OH is 2. The molecule has 16 amide bonds. The lowest BCUT2D eigenvalue weighted by molar-refractivity contribution is -0.141. The lowest BCUT2D eigenvalue weighted by Crippen LogP contribution is -2.61. The minimum atomic E-state index is -1.98. The number of fused-ring (bicyclic) bond motifs is 1. The Morgan fingerprint density at radius 2 is 1.07 bits per heavy atom. The largest absolute Gasteiger partial charge is 0.464 e. The lowest BCUT2D eigenvalue weighted by atomic mass is 10.00. The number of esters is 1. The summed E-state index contributed by atoms with van der Waals surface area (Å²) in [6.07, 6.45) is -6.30. The zero-order valence-corrected chi connectivity index (χ0v) is 81.5. The van der Waals surface area contributed by atoms with Gasteiger partial charge in [0.05, 0.1) is 41.2 Å². The van der Waals surface area contributed by atoms with Crippen molar-refractivity contribution in [2.75, 3.05) is 59.5 Å². The Morgan fingerprint density at radius 3 is 1.59 bits per heavy atom. The van der Waals surface area contributed by atoms with Crippen molar-refractivity contribution < 1.29 is 115 Å². The molecule has 43 nitrogen and oxygen atoms in total. The zero-order valence-electron chi connectivity index (χ0n) is 80.7. The van der Waals surface area contributed by atoms with E-state index in [4.69, 9.17) is 28.8 Å². The predicted molar refractivity (Wildman–Crippen MR) is 504 cm³/mol. The maximum Gasteiger partial charge on any atom is 0.407 e. The molecule has 0 unspecified atom stereocenters. The number of aromatic nitrogens is 3. The van der Waals surface area contributed by atoms with E-state index in [-0.39, 0.29) is 44.0 Å². The Labute approximate surface area is 800 Å². The first kappa shape index (κ1) is 112. The van der Waals surface area contributed by atoms with Gasteiger partial charge in [-0.15, -0.1) is 0 Å². The summed E-state index contributed by atoms with van der Waals surface area (Å²) in [5, 5.41) is 66.2. The lowest BCUT2D eigenvalue weighted by Gasteiger charge is -2.29. The van der Waals surface area contributed by atoms with Crippen LogP contribution in [-0.2, 0) is 82.8 Å². The van der Waals surface area contributed by atoms with Gasteiger partial charge < -0.3 is 119 Å². The van der Waals surface area contributed by atoms with Crippen LogP contribution in [-0.4, -0.2) is 280 Å². The van der Waals surface area contributed by atoms with Crippen molar-refractivity contribution in [2.45, 2.75) is 268 Å². The van der Waals surface area contributed by atoms with E-state index in [0.717, 1.165) is 30.4 Å². The topological polar surface area (TPSA) is 591 Å². The van der Waals surface area contributed by atoms with Crippen LogP contribution < -0.4 is 79.8 Å². The summed E-state index contributed by atoms with van der Waals surface area (Å²) >= 11 is 1.23. The zero-order chi connectivity index (χ0) is 102. The fourth-order valence-corrected chi connectivity index (χ4v) is 14.3. The highest BCUT2D eigenvalue weighted by Gasteiger charge is 2.39.